The summed E-state index contributed by atoms with van der Waals surface area (Å²) in [6, 6.07) is 5.60. The minimum atomic E-state index is -0.00671. The Labute approximate surface area is 105 Å². The molecule has 0 radical (unpaired) electrons. The molecule has 2 rings (SSSR count). The Morgan fingerprint density at radius 3 is 3.00 bits per heavy atom. The van der Waals surface area contributed by atoms with Gasteiger partial charge in [-0.2, -0.15) is 0 Å². The lowest BCUT2D eigenvalue weighted by Gasteiger charge is -2.08. The molecule has 0 bridgehead atoms. The highest BCUT2D eigenvalue weighted by molar-refractivity contribution is 6.42. The number of halogens is 2. The third-order valence-corrected chi connectivity index (χ3v) is 3.35. The quantitative estimate of drug-likeness (QED) is 0.793. The van der Waals surface area contributed by atoms with Gasteiger partial charge in [0.2, 0.25) is 0 Å². The van der Waals surface area contributed by atoms with Crippen LogP contribution in [0.2, 0.25) is 10.0 Å². The van der Waals surface area contributed by atoms with Crippen LogP contribution in [-0.2, 0) is 4.74 Å². The van der Waals surface area contributed by atoms with E-state index in [-0.39, 0.29) is 6.04 Å². The van der Waals surface area contributed by atoms with Gasteiger partial charge in [-0.15, -0.1) is 0 Å². The standard InChI is InChI=1S/C12H13Cl2NO/c1-2-4-11-15-10(7-16-11)8-5-3-6-9(13)12(8)14/h3,5-6,10H,2,4,7H2,1H3. The Kier molecular flexibility index (Phi) is 3.72. The van der Waals surface area contributed by atoms with E-state index in [9.17, 15) is 0 Å². The van der Waals surface area contributed by atoms with Gasteiger partial charge in [-0.3, -0.25) is 0 Å². The highest BCUT2D eigenvalue weighted by Crippen LogP contribution is 2.34. The lowest BCUT2D eigenvalue weighted by molar-refractivity contribution is 0.311. The first-order valence-electron chi connectivity index (χ1n) is 5.35. The van der Waals surface area contributed by atoms with Crippen molar-refractivity contribution in [1.29, 1.82) is 0 Å². The number of benzene rings is 1. The van der Waals surface area contributed by atoms with E-state index in [2.05, 4.69) is 11.9 Å². The summed E-state index contributed by atoms with van der Waals surface area (Å²) < 4.78 is 5.50. The smallest absolute Gasteiger partial charge is 0.183 e. The summed E-state index contributed by atoms with van der Waals surface area (Å²) in [5.41, 5.74) is 0.945. The summed E-state index contributed by atoms with van der Waals surface area (Å²) in [6.45, 7) is 2.67. The molecular formula is C12H13Cl2NO. The third-order valence-electron chi connectivity index (χ3n) is 2.51. The van der Waals surface area contributed by atoms with Crippen LogP contribution in [0.1, 0.15) is 31.4 Å². The summed E-state index contributed by atoms with van der Waals surface area (Å²) in [5.74, 6) is 0.823. The molecule has 16 heavy (non-hydrogen) atoms. The zero-order valence-corrected chi connectivity index (χ0v) is 10.6. The molecule has 0 saturated heterocycles. The van der Waals surface area contributed by atoms with Crippen molar-refractivity contribution in [3.63, 3.8) is 0 Å². The van der Waals surface area contributed by atoms with Gasteiger partial charge >= 0.3 is 0 Å². The molecule has 0 amide bonds. The molecule has 86 valence electrons. The molecule has 1 atom stereocenters. The Hall–Kier alpha value is -0.730. The van der Waals surface area contributed by atoms with Gasteiger partial charge in [0.15, 0.2) is 5.90 Å². The Bertz CT molecular complexity index is 417. The van der Waals surface area contributed by atoms with E-state index < -0.39 is 0 Å². The van der Waals surface area contributed by atoms with Crippen molar-refractivity contribution < 1.29 is 4.74 Å². The predicted octanol–water partition coefficient (Wildman–Crippen LogP) is 4.26. The van der Waals surface area contributed by atoms with E-state index in [0.29, 0.717) is 16.7 Å². The van der Waals surface area contributed by atoms with Gasteiger partial charge in [-0.25, -0.2) is 4.99 Å². The highest BCUT2D eigenvalue weighted by atomic mass is 35.5. The predicted molar refractivity (Wildman–Crippen MR) is 67.5 cm³/mol. The van der Waals surface area contributed by atoms with Crippen molar-refractivity contribution in [2.75, 3.05) is 6.61 Å². The molecule has 1 heterocycles. The summed E-state index contributed by atoms with van der Waals surface area (Å²) in [5, 5.41) is 1.15. The van der Waals surface area contributed by atoms with Crippen LogP contribution >= 0.6 is 23.2 Å². The van der Waals surface area contributed by atoms with E-state index in [4.69, 9.17) is 27.9 Å². The van der Waals surface area contributed by atoms with Gasteiger partial charge in [0, 0.05) is 12.0 Å². The minimum Gasteiger partial charge on any atom is -0.478 e. The molecule has 1 aromatic rings. The van der Waals surface area contributed by atoms with Crippen LogP contribution in [0.5, 0.6) is 0 Å². The van der Waals surface area contributed by atoms with Gasteiger partial charge in [0.1, 0.15) is 12.6 Å². The maximum absolute atomic E-state index is 6.14. The SMILES string of the molecule is CCCC1=NC(c2cccc(Cl)c2Cl)CO1. The fourth-order valence-electron chi connectivity index (χ4n) is 1.71. The van der Waals surface area contributed by atoms with Crippen molar-refractivity contribution in [2.45, 2.75) is 25.8 Å². The normalized spacial score (nSPS) is 19.4. The number of aliphatic imine (C=N–C) groups is 1. The van der Waals surface area contributed by atoms with Crippen molar-refractivity contribution in [3.8, 4) is 0 Å². The molecule has 1 unspecified atom stereocenters. The second-order valence-electron chi connectivity index (χ2n) is 3.74. The molecule has 0 spiro atoms. The highest BCUT2D eigenvalue weighted by Gasteiger charge is 2.22. The number of rotatable bonds is 3. The van der Waals surface area contributed by atoms with Gasteiger partial charge in [-0.05, 0) is 12.5 Å². The van der Waals surface area contributed by atoms with Crippen molar-refractivity contribution in [1.82, 2.24) is 0 Å². The van der Waals surface area contributed by atoms with E-state index in [1.807, 2.05) is 12.1 Å². The van der Waals surface area contributed by atoms with E-state index >= 15 is 0 Å². The second-order valence-corrected chi connectivity index (χ2v) is 4.53. The first-order valence-corrected chi connectivity index (χ1v) is 6.11. The molecule has 1 aliphatic rings. The minimum absolute atomic E-state index is 0.00671. The molecule has 2 nitrogen and oxygen atoms in total. The molecule has 4 heteroatoms. The first-order chi connectivity index (χ1) is 7.72. The summed E-state index contributed by atoms with van der Waals surface area (Å²) in [6.07, 6.45) is 1.92. The van der Waals surface area contributed by atoms with Crippen LogP contribution in [0.15, 0.2) is 23.2 Å². The van der Waals surface area contributed by atoms with Gasteiger partial charge in [-0.1, -0.05) is 42.3 Å². The average Bonchev–Trinajstić information content (AvgIpc) is 2.71. The fourth-order valence-corrected chi connectivity index (χ4v) is 2.14. The van der Waals surface area contributed by atoms with Gasteiger partial charge in [0.25, 0.3) is 0 Å². The molecule has 0 aliphatic carbocycles. The zero-order valence-electron chi connectivity index (χ0n) is 9.04. The number of hydrogen-bond donors (Lipinski definition) is 0. The second kappa shape index (κ2) is 5.07. The Morgan fingerprint density at radius 2 is 2.25 bits per heavy atom. The van der Waals surface area contributed by atoms with Crippen LogP contribution in [-0.4, -0.2) is 12.5 Å². The summed E-state index contributed by atoms with van der Waals surface area (Å²) in [4.78, 5) is 4.50. The Balaban J connectivity index is 2.23. The van der Waals surface area contributed by atoms with Crippen molar-refractivity contribution in [3.05, 3.63) is 33.8 Å². The van der Waals surface area contributed by atoms with Crippen LogP contribution in [0.3, 0.4) is 0 Å². The Morgan fingerprint density at radius 1 is 1.44 bits per heavy atom. The van der Waals surface area contributed by atoms with E-state index in [1.54, 1.807) is 6.07 Å². The molecule has 1 aromatic carbocycles. The maximum Gasteiger partial charge on any atom is 0.183 e. The van der Waals surface area contributed by atoms with E-state index in [0.717, 1.165) is 24.3 Å². The lowest BCUT2D eigenvalue weighted by Crippen LogP contribution is -1.99. The summed E-state index contributed by atoms with van der Waals surface area (Å²) >= 11 is 12.1. The zero-order chi connectivity index (χ0) is 11.5. The summed E-state index contributed by atoms with van der Waals surface area (Å²) in [7, 11) is 0. The molecule has 0 aromatic heterocycles. The molecule has 0 fully saturated rings. The lowest BCUT2D eigenvalue weighted by atomic mass is 10.1. The van der Waals surface area contributed by atoms with Gasteiger partial charge < -0.3 is 4.74 Å². The third kappa shape index (κ3) is 2.33. The van der Waals surface area contributed by atoms with Crippen LogP contribution < -0.4 is 0 Å². The van der Waals surface area contributed by atoms with Crippen molar-refractivity contribution in [2.24, 2.45) is 4.99 Å². The average molecular weight is 258 g/mol. The molecule has 1 aliphatic heterocycles. The largest absolute Gasteiger partial charge is 0.478 e. The van der Waals surface area contributed by atoms with Crippen LogP contribution in [0.25, 0.3) is 0 Å². The monoisotopic (exact) mass is 257 g/mol. The molecule has 0 N–H and O–H groups in total. The number of hydrogen-bond acceptors (Lipinski definition) is 2. The first kappa shape index (κ1) is 11.7. The maximum atomic E-state index is 6.14. The molecule has 0 saturated carbocycles. The van der Waals surface area contributed by atoms with Crippen LogP contribution in [0, 0.1) is 0 Å². The van der Waals surface area contributed by atoms with E-state index in [1.165, 1.54) is 0 Å². The van der Waals surface area contributed by atoms with Crippen LogP contribution in [0.4, 0.5) is 0 Å². The molecular weight excluding hydrogens is 245 g/mol. The fraction of sp³-hybridized carbons (Fsp3) is 0.417. The number of ether oxygens (including phenoxy) is 1. The topological polar surface area (TPSA) is 21.6 Å². The van der Waals surface area contributed by atoms with Gasteiger partial charge in [0.05, 0.1) is 10.0 Å². The van der Waals surface area contributed by atoms with Crippen molar-refractivity contribution >= 4 is 29.1 Å². The number of nitrogens with zero attached hydrogens (tertiary/aromatic N) is 1.